The molecule has 94 valence electrons. The van der Waals surface area contributed by atoms with Gasteiger partial charge in [-0.1, -0.05) is 11.3 Å². The lowest BCUT2D eigenvalue weighted by molar-refractivity contribution is -0.380. The number of likely N-dealkylation sites (N-methyl/N-ethyl adjacent to an activating group) is 1. The average molecular weight is 278 g/mol. The maximum absolute atomic E-state index is 10.5. The van der Waals surface area contributed by atoms with Gasteiger partial charge in [-0.25, -0.2) is 0 Å². The quantitative estimate of drug-likeness (QED) is 0.374. The number of hydrogen-bond acceptors (Lipinski definition) is 5. The van der Waals surface area contributed by atoms with Gasteiger partial charge < -0.3 is 5.32 Å². The first-order chi connectivity index (χ1) is 7.99. The number of hydrogen-bond donors (Lipinski definition) is 1. The molecular weight excluding hydrogens is 266 g/mol. The van der Waals surface area contributed by atoms with Gasteiger partial charge in [0.1, 0.15) is 0 Å². The Morgan fingerprint density at radius 2 is 2.35 bits per heavy atom. The highest BCUT2D eigenvalue weighted by Gasteiger charge is 2.10. The molecule has 1 N–H and O–H groups in total. The summed E-state index contributed by atoms with van der Waals surface area (Å²) >= 11 is 6.27. The summed E-state index contributed by atoms with van der Waals surface area (Å²) in [5.74, 6) is 0. The monoisotopic (exact) mass is 277 g/mol. The van der Waals surface area contributed by atoms with Crippen molar-refractivity contribution in [2.45, 2.75) is 6.54 Å². The molecule has 1 rings (SSSR count). The minimum atomic E-state index is -0.579. The van der Waals surface area contributed by atoms with Gasteiger partial charge in [-0.15, -0.1) is 0 Å². The molecule has 0 aliphatic carbocycles. The summed E-state index contributed by atoms with van der Waals surface area (Å²) in [6.07, 6.45) is 0. The van der Waals surface area contributed by atoms with Crippen LogP contribution in [0.3, 0.4) is 0 Å². The predicted molar refractivity (Wildman–Crippen MR) is 66.6 cm³/mol. The van der Waals surface area contributed by atoms with E-state index in [0.29, 0.717) is 19.6 Å². The Hall–Kier alpha value is -1.18. The van der Waals surface area contributed by atoms with Crippen molar-refractivity contribution in [3.63, 3.8) is 0 Å². The van der Waals surface area contributed by atoms with Crippen LogP contribution in [0.25, 0.3) is 0 Å². The van der Waals surface area contributed by atoms with E-state index in [-0.39, 0.29) is 5.00 Å². The summed E-state index contributed by atoms with van der Waals surface area (Å²) in [4.78, 5) is 23.4. The van der Waals surface area contributed by atoms with E-state index in [0.717, 1.165) is 16.2 Å². The summed E-state index contributed by atoms with van der Waals surface area (Å²) in [7, 11) is 1.87. The smallest absolute Gasteiger partial charge is 0.324 e. The zero-order valence-corrected chi connectivity index (χ0v) is 10.8. The fourth-order valence-corrected chi connectivity index (χ4v) is 2.23. The van der Waals surface area contributed by atoms with Crippen molar-refractivity contribution in [1.29, 1.82) is 0 Å². The third kappa shape index (κ3) is 5.12. The normalized spacial score (nSPS) is 10.5. The van der Waals surface area contributed by atoms with Crippen molar-refractivity contribution in [2.75, 3.05) is 20.1 Å². The second kappa shape index (κ2) is 6.53. The highest BCUT2D eigenvalue weighted by molar-refractivity contribution is 7.15. The molecule has 1 aromatic heterocycles. The third-order valence-electron chi connectivity index (χ3n) is 2.01. The number of rotatable bonds is 6. The largest absolute Gasteiger partial charge is 0.341 e. The van der Waals surface area contributed by atoms with E-state index < -0.39 is 10.3 Å². The number of amides is 1. The number of nitro groups is 1. The van der Waals surface area contributed by atoms with Gasteiger partial charge in [-0.2, -0.15) is 0 Å². The first kappa shape index (κ1) is 13.9. The fraction of sp³-hybridized carbons (Fsp3) is 0.444. The van der Waals surface area contributed by atoms with Crippen LogP contribution in [0.2, 0.25) is 0 Å². The topological polar surface area (TPSA) is 75.5 Å². The summed E-state index contributed by atoms with van der Waals surface area (Å²) in [6.45, 7) is 1.69. The van der Waals surface area contributed by atoms with E-state index in [2.05, 4.69) is 5.32 Å². The highest BCUT2D eigenvalue weighted by Crippen LogP contribution is 2.24. The van der Waals surface area contributed by atoms with E-state index in [1.807, 2.05) is 11.9 Å². The van der Waals surface area contributed by atoms with Gasteiger partial charge in [-0.3, -0.25) is 19.8 Å². The van der Waals surface area contributed by atoms with E-state index in [4.69, 9.17) is 11.6 Å². The van der Waals surface area contributed by atoms with Crippen LogP contribution in [0, 0.1) is 10.1 Å². The van der Waals surface area contributed by atoms with Crippen LogP contribution in [-0.4, -0.2) is 35.3 Å². The van der Waals surface area contributed by atoms with Gasteiger partial charge in [0, 0.05) is 30.6 Å². The molecule has 8 heteroatoms. The molecule has 1 aromatic rings. The molecule has 0 aliphatic heterocycles. The molecule has 1 amide bonds. The van der Waals surface area contributed by atoms with Crippen molar-refractivity contribution in [2.24, 2.45) is 0 Å². The number of carbonyl (C=O) groups is 1. The molecule has 0 unspecified atom stereocenters. The van der Waals surface area contributed by atoms with Crippen LogP contribution in [-0.2, 0) is 6.54 Å². The van der Waals surface area contributed by atoms with Crippen LogP contribution in [0.5, 0.6) is 0 Å². The molecule has 1 heterocycles. The lowest BCUT2D eigenvalue weighted by Gasteiger charge is -2.14. The second-order valence-corrected chi connectivity index (χ2v) is 4.93. The minimum absolute atomic E-state index is 0.141. The van der Waals surface area contributed by atoms with Crippen LogP contribution < -0.4 is 5.32 Å². The molecule has 6 nitrogen and oxygen atoms in total. The van der Waals surface area contributed by atoms with Gasteiger partial charge in [0.15, 0.2) is 0 Å². The van der Waals surface area contributed by atoms with E-state index in [1.165, 1.54) is 6.07 Å². The Morgan fingerprint density at radius 1 is 1.65 bits per heavy atom. The maximum Gasteiger partial charge on any atom is 0.324 e. The number of nitrogens with one attached hydrogen (secondary N) is 1. The highest BCUT2D eigenvalue weighted by atomic mass is 35.5. The van der Waals surface area contributed by atoms with Gasteiger partial charge >= 0.3 is 10.4 Å². The Kier molecular flexibility index (Phi) is 5.33. The van der Waals surface area contributed by atoms with E-state index in [9.17, 15) is 14.9 Å². The summed E-state index contributed by atoms with van der Waals surface area (Å²) in [6, 6.07) is 3.23. The summed E-state index contributed by atoms with van der Waals surface area (Å²) in [5, 5.41) is 12.5. The zero-order chi connectivity index (χ0) is 12.8. The number of thiophene rings is 1. The van der Waals surface area contributed by atoms with Gasteiger partial charge in [-0.05, 0) is 24.7 Å². The van der Waals surface area contributed by atoms with Crippen LogP contribution in [0.1, 0.15) is 4.88 Å². The minimum Gasteiger partial charge on any atom is -0.341 e. The predicted octanol–water partition coefficient (Wildman–Crippen LogP) is 2.04. The second-order valence-electron chi connectivity index (χ2n) is 3.44. The third-order valence-corrected chi connectivity index (χ3v) is 3.17. The molecule has 0 saturated carbocycles. The Bertz CT molecular complexity index is 410. The number of carbonyl (C=O) groups excluding carboxylic acids is 1. The van der Waals surface area contributed by atoms with Crippen molar-refractivity contribution in [3.05, 3.63) is 27.1 Å². The standard InChI is InChI=1S/C9H12ClN3O3S/c1-12(5-4-11-9(10)14)6-7-2-3-8(17-7)13(15)16/h2-3H,4-6H2,1H3,(H,11,14). The molecule has 0 atom stereocenters. The molecule has 0 spiro atoms. The molecular formula is C9H12ClN3O3S. The average Bonchev–Trinajstić information content (AvgIpc) is 2.65. The Labute approximate surface area is 107 Å². The van der Waals surface area contributed by atoms with Crippen LogP contribution in [0.4, 0.5) is 9.80 Å². The Morgan fingerprint density at radius 3 is 2.88 bits per heavy atom. The van der Waals surface area contributed by atoms with Crippen LogP contribution >= 0.6 is 22.9 Å². The van der Waals surface area contributed by atoms with Crippen molar-refractivity contribution in [1.82, 2.24) is 10.2 Å². The lowest BCUT2D eigenvalue weighted by atomic mass is 10.4. The number of nitrogens with zero attached hydrogens (tertiary/aromatic N) is 2. The van der Waals surface area contributed by atoms with Crippen LogP contribution in [0.15, 0.2) is 12.1 Å². The molecule has 0 fully saturated rings. The number of halogens is 1. The Balaban J connectivity index is 2.36. The zero-order valence-electron chi connectivity index (χ0n) is 9.18. The summed E-state index contributed by atoms with van der Waals surface area (Å²) < 4.78 is 0. The maximum atomic E-state index is 10.5. The van der Waals surface area contributed by atoms with E-state index in [1.54, 1.807) is 6.07 Å². The first-order valence-corrected chi connectivity index (χ1v) is 6.03. The first-order valence-electron chi connectivity index (χ1n) is 4.84. The SMILES string of the molecule is CN(CCNC(=O)Cl)Cc1ccc([N+](=O)[O-])s1. The van der Waals surface area contributed by atoms with Gasteiger partial charge in [0.2, 0.25) is 0 Å². The molecule has 0 bridgehead atoms. The van der Waals surface area contributed by atoms with E-state index >= 15 is 0 Å². The van der Waals surface area contributed by atoms with Crippen molar-refractivity contribution >= 4 is 33.3 Å². The van der Waals surface area contributed by atoms with Gasteiger partial charge in [0.25, 0.3) is 0 Å². The molecule has 0 aliphatic rings. The molecule has 0 saturated heterocycles. The van der Waals surface area contributed by atoms with Crippen molar-refractivity contribution < 1.29 is 9.72 Å². The van der Waals surface area contributed by atoms with Gasteiger partial charge in [0.05, 0.1) is 4.92 Å². The molecule has 0 radical (unpaired) electrons. The summed E-state index contributed by atoms with van der Waals surface area (Å²) in [5.41, 5.74) is 0. The lowest BCUT2D eigenvalue weighted by Crippen LogP contribution is -2.29. The van der Waals surface area contributed by atoms with Crippen molar-refractivity contribution in [3.8, 4) is 0 Å². The molecule has 0 aromatic carbocycles. The molecule has 17 heavy (non-hydrogen) atoms. The fourth-order valence-electron chi connectivity index (χ4n) is 1.24.